The lowest BCUT2D eigenvalue weighted by Crippen LogP contribution is -2.41. The molecule has 1 amide bonds. The van der Waals surface area contributed by atoms with Crippen LogP contribution in [0.1, 0.15) is 31.1 Å². The van der Waals surface area contributed by atoms with Crippen molar-refractivity contribution in [2.24, 2.45) is 5.92 Å². The van der Waals surface area contributed by atoms with Crippen LogP contribution in [0, 0.1) is 5.92 Å². The number of aliphatic hydroxyl groups excluding tert-OH is 1. The van der Waals surface area contributed by atoms with Crippen molar-refractivity contribution in [3.63, 3.8) is 0 Å². The lowest BCUT2D eigenvalue weighted by Gasteiger charge is -2.20. The molecule has 0 spiro atoms. The quantitative estimate of drug-likeness (QED) is 0.680. The fourth-order valence-corrected chi connectivity index (χ4v) is 1.68. The SMILES string of the molecule is CCOc1cc(N)cc(C(=O)N[C@H](CO)C(C)C)c1. The number of amides is 1. The molecule has 19 heavy (non-hydrogen) atoms. The number of anilines is 1. The first kappa shape index (κ1) is 15.3. The molecule has 0 fully saturated rings. The smallest absolute Gasteiger partial charge is 0.251 e. The molecule has 0 saturated carbocycles. The van der Waals surface area contributed by atoms with Crippen molar-refractivity contribution in [2.75, 3.05) is 18.9 Å². The minimum Gasteiger partial charge on any atom is -0.494 e. The zero-order chi connectivity index (χ0) is 14.4. The van der Waals surface area contributed by atoms with E-state index in [0.29, 0.717) is 23.6 Å². The van der Waals surface area contributed by atoms with Crippen molar-refractivity contribution in [3.05, 3.63) is 23.8 Å². The predicted molar refractivity (Wildman–Crippen MR) is 75.2 cm³/mol. The summed E-state index contributed by atoms with van der Waals surface area (Å²) in [5.41, 5.74) is 6.65. The van der Waals surface area contributed by atoms with Crippen LogP contribution in [0.5, 0.6) is 5.75 Å². The van der Waals surface area contributed by atoms with Crippen molar-refractivity contribution in [2.45, 2.75) is 26.8 Å². The number of carbonyl (C=O) groups excluding carboxylic acids is 1. The third-order valence-electron chi connectivity index (χ3n) is 2.82. The van der Waals surface area contributed by atoms with Gasteiger partial charge in [-0.2, -0.15) is 0 Å². The summed E-state index contributed by atoms with van der Waals surface area (Å²) in [5.74, 6) is 0.458. The maximum Gasteiger partial charge on any atom is 0.251 e. The van der Waals surface area contributed by atoms with Gasteiger partial charge in [-0.1, -0.05) is 13.8 Å². The molecule has 0 heterocycles. The zero-order valence-corrected chi connectivity index (χ0v) is 11.6. The van der Waals surface area contributed by atoms with E-state index >= 15 is 0 Å². The van der Waals surface area contributed by atoms with Gasteiger partial charge in [0.2, 0.25) is 0 Å². The van der Waals surface area contributed by atoms with E-state index in [1.807, 2.05) is 20.8 Å². The van der Waals surface area contributed by atoms with Crippen LogP contribution in [0.4, 0.5) is 5.69 Å². The number of hydrogen-bond acceptors (Lipinski definition) is 4. The summed E-state index contributed by atoms with van der Waals surface area (Å²) in [5, 5.41) is 12.0. The van der Waals surface area contributed by atoms with E-state index in [1.165, 1.54) is 0 Å². The minimum atomic E-state index is -0.274. The average Bonchev–Trinajstić information content (AvgIpc) is 2.34. The molecule has 5 nitrogen and oxygen atoms in total. The highest BCUT2D eigenvalue weighted by atomic mass is 16.5. The second kappa shape index (κ2) is 6.99. The predicted octanol–water partition coefficient (Wildman–Crippen LogP) is 1.41. The Labute approximate surface area is 113 Å². The first-order valence-corrected chi connectivity index (χ1v) is 6.43. The fourth-order valence-electron chi connectivity index (χ4n) is 1.68. The Kier molecular flexibility index (Phi) is 5.63. The molecule has 1 atom stereocenters. The maximum atomic E-state index is 12.1. The minimum absolute atomic E-state index is 0.0932. The van der Waals surface area contributed by atoms with Crippen LogP contribution < -0.4 is 15.8 Å². The Balaban J connectivity index is 2.86. The molecule has 0 radical (unpaired) electrons. The van der Waals surface area contributed by atoms with Crippen molar-refractivity contribution in [1.82, 2.24) is 5.32 Å². The molecule has 0 saturated heterocycles. The fraction of sp³-hybridized carbons (Fsp3) is 0.500. The summed E-state index contributed by atoms with van der Waals surface area (Å²) in [6, 6.07) is 4.63. The first-order chi connectivity index (χ1) is 8.97. The zero-order valence-electron chi connectivity index (χ0n) is 11.6. The second-order valence-electron chi connectivity index (χ2n) is 4.73. The van der Waals surface area contributed by atoms with Gasteiger partial charge < -0.3 is 20.9 Å². The number of carbonyl (C=O) groups is 1. The molecule has 0 unspecified atom stereocenters. The summed E-state index contributed by atoms with van der Waals surface area (Å²) in [6.07, 6.45) is 0. The number of nitrogen functional groups attached to an aromatic ring is 1. The van der Waals surface area contributed by atoms with Gasteiger partial charge in [-0.05, 0) is 25.0 Å². The van der Waals surface area contributed by atoms with Gasteiger partial charge >= 0.3 is 0 Å². The Bertz CT molecular complexity index is 433. The first-order valence-electron chi connectivity index (χ1n) is 6.43. The maximum absolute atomic E-state index is 12.1. The summed E-state index contributed by atoms with van der Waals surface area (Å²) in [4.78, 5) is 12.1. The largest absolute Gasteiger partial charge is 0.494 e. The van der Waals surface area contributed by atoms with E-state index in [9.17, 15) is 9.90 Å². The van der Waals surface area contributed by atoms with Crippen molar-refractivity contribution in [1.29, 1.82) is 0 Å². The van der Waals surface area contributed by atoms with Crippen molar-refractivity contribution in [3.8, 4) is 5.75 Å². The van der Waals surface area contributed by atoms with Gasteiger partial charge in [0, 0.05) is 17.3 Å². The number of nitrogens with two attached hydrogens (primary N) is 1. The Morgan fingerprint density at radius 3 is 2.63 bits per heavy atom. The molecule has 0 aliphatic carbocycles. The number of nitrogens with one attached hydrogen (secondary N) is 1. The molecule has 1 aromatic carbocycles. The van der Waals surface area contributed by atoms with Crippen LogP contribution >= 0.6 is 0 Å². The third-order valence-corrected chi connectivity index (χ3v) is 2.82. The number of hydrogen-bond donors (Lipinski definition) is 3. The van der Waals surface area contributed by atoms with E-state index in [1.54, 1.807) is 18.2 Å². The molecular weight excluding hydrogens is 244 g/mol. The van der Waals surface area contributed by atoms with Gasteiger partial charge in [-0.25, -0.2) is 0 Å². The highest BCUT2D eigenvalue weighted by Crippen LogP contribution is 2.19. The molecule has 0 aliphatic heterocycles. The van der Waals surface area contributed by atoms with E-state index in [0.717, 1.165) is 0 Å². The van der Waals surface area contributed by atoms with Crippen LogP contribution in [-0.4, -0.2) is 30.3 Å². The summed E-state index contributed by atoms with van der Waals surface area (Å²) < 4.78 is 5.35. The lowest BCUT2D eigenvalue weighted by molar-refractivity contribution is 0.0896. The van der Waals surface area contributed by atoms with Crippen LogP contribution in [0.25, 0.3) is 0 Å². The van der Waals surface area contributed by atoms with Crippen LogP contribution in [0.3, 0.4) is 0 Å². The van der Waals surface area contributed by atoms with Crippen LogP contribution in [-0.2, 0) is 0 Å². The van der Waals surface area contributed by atoms with Crippen molar-refractivity contribution >= 4 is 11.6 Å². The number of benzene rings is 1. The molecule has 5 heteroatoms. The summed E-state index contributed by atoms with van der Waals surface area (Å²) in [7, 11) is 0. The van der Waals surface area contributed by atoms with Crippen molar-refractivity contribution < 1.29 is 14.6 Å². The molecule has 0 aromatic heterocycles. The standard InChI is InChI=1S/C14H22N2O3/c1-4-19-12-6-10(5-11(15)7-12)14(18)16-13(8-17)9(2)3/h5-7,9,13,17H,4,8,15H2,1-3H3,(H,16,18)/t13-/m1/s1. The van der Waals surface area contributed by atoms with Crippen LogP contribution in [0.15, 0.2) is 18.2 Å². The topological polar surface area (TPSA) is 84.6 Å². The Hall–Kier alpha value is -1.75. The normalized spacial score (nSPS) is 12.3. The Morgan fingerprint density at radius 2 is 2.11 bits per heavy atom. The van der Waals surface area contributed by atoms with Gasteiger partial charge in [0.1, 0.15) is 5.75 Å². The Morgan fingerprint density at radius 1 is 1.42 bits per heavy atom. The van der Waals surface area contributed by atoms with Gasteiger partial charge in [-0.15, -0.1) is 0 Å². The number of aliphatic hydroxyl groups is 1. The molecule has 0 bridgehead atoms. The highest BCUT2D eigenvalue weighted by molar-refractivity contribution is 5.95. The van der Waals surface area contributed by atoms with E-state index in [-0.39, 0.29) is 24.5 Å². The molecule has 1 aromatic rings. The second-order valence-corrected chi connectivity index (χ2v) is 4.73. The van der Waals surface area contributed by atoms with Gasteiger partial charge in [0.05, 0.1) is 19.3 Å². The highest BCUT2D eigenvalue weighted by Gasteiger charge is 2.17. The number of rotatable bonds is 6. The van der Waals surface area contributed by atoms with Crippen LogP contribution in [0.2, 0.25) is 0 Å². The molecular formula is C14H22N2O3. The lowest BCUT2D eigenvalue weighted by atomic mass is 10.0. The monoisotopic (exact) mass is 266 g/mol. The van der Waals surface area contributed by atoms with E-state index in [2.05, 4.69) is 5.32 Å². The van der Waals surface area contributed by atoms with Gasteiger partial charge in [0.15, 0.2) is 0 Å². The molecule has 1 rings (SSSR count). The summed E-state index contributed by atoms with van der Waals surface area (Å²) >= 11 is 0. The third kappa shape index (κ3) is 4.44. The number of ether oxygens (including phenoxy) is 1. The van der Waals surface area contributed by atoms with E-state index < -0.39 is 0 Å². The molecule has 106 valence electrons. The van der Waals surface area contributed by atoms with E-state index in [4.69, 9.17) is 10.5 Å². The summed E-state index contributed by atoms with van der Waals surface area (Å²) in [6.45, 7) is 6.15. The van der Waals surface area contributed by atoms with Gasteiger partial charge in [-0.3, -0.25) is 4.79 Å². The molecule has 4 N–H and O–H groups in total. The van der Waals surface area contributed by atoms with Gasteiger partial charge in [0.25, 0.3) is 5.91 Å². The average molecular weight is 266 g/mol. The molecule has 0 aliphatic rings.